The lowest BCUT2D eigenvalue weighted by atomic mass is 10.2. The first-order valence-corrected chi connectivity index (χ1v) is 6.70. The van der Waals surface area contributed by atoms with Crippen molar-refractivity contribution in [2.24, 2.45) is 4.99 Å². The van der Waals surface area contributed by atoms with Gasteiger partial charge in [-0.15, -0.1) is 0 Å². The van der Waals surface area contributed by atoms with Crippen molar-refractivity contribution in [1.82, 2.24) is 4.98 Å². The van der Waals surface area contributed by atoms with Gasteiger partial charge in [0.2, 0.25) is 5.90 Å². The molecule has 2 heterocycles. The van der Waals surface area contributed by atoms with E-state index < -0.39 is 5.97 Å². The summed E-state index contributed by atoms with van der Waals surface area (Å²) < 4.78 is 6.13. The molecule has 0 spiro atoms. The molecule has 1 aromatic carbocycles. The van der Waals surface area contributed by atoms with Crippen LogP contribution in [0.25, 0.3) is 6.08 Å². The molecular weight excluding hydrogens is 320 g/mol. The van der Waals surface area contributed by atoms with Crippen LogP contribution in [0.15, 0.2) is 64.0 Å². The molecular formula is C15H9BrN2O2. The predicted octanol–water partition coefficient (Wildman–Crippen LogP) is 3.19. The average Bonchev–Trinajstić information content (AvgIpc) is 2.82. The molecule has 0 N–H and O–H groups in total. The number of pyridine rings is 1. The number of benzene rings is 1. The Bertz CT molecular complexity index is 706. The highest BCUT2D eigenvalue weighted by Crippen LogP contribution is 2.20. The SMILES string of the molecule is O=C1OC(c2ccc(Br)cc2)=N/C1=C\c1cccnc1. The van der Waals surface area contributed by atoms with E-state index in [1.807, 2.05) is 30.3 Å². The van der Waals surface area contributed by atoms with Crippen molar-refractivity contribution in [3.05, 3.63) is 70.1 Å². The molecule has 1 aliphatic heterocycles. The number of ether oxygens (including phenoxy) is 1. The molecule has 0 atom stereocenters. The van der Waals surface area contributed by atoms with E-state index in [2.05, 4.69) is 25.9 Å². The van der Waals surface area contributed by atoms with Crippen LogP contribution in [0.5, 0.6) is 0 Å². The molecule has 2 aromatic rings. The maximum Gasteiger partial charge on any atom is 0.363 e. The molecule has 4 nitrogen and oxygen atoms in total. The van der Waals surface area contributed by atoms with Crippen LogP contribution < -0.4 is 0 Å². The van der Waals surface area contributed by atoms with Crippen LogP contribution in [0.4, 0.5) is 0 Å². The highest BCUT2D eigenvalue weighted by Gasteiger charge is 2.23. The number of aliphatic imine (C=N–C) groups is 1. The summed E-state index contributed by atoms with van der Waals surface area (Å²) in [6.45, 7) is 0. The second kappa shape index (κ2) is 5.38. The number of esters is 1. The third-order valence-electron chi connectivity index (χ3n) is 2.70. The van der Waals surface area contributed by atoms with Crippen LogP contribution in [-0.2, 0) is 9.53 Å². The normalized spacial score (nSPS) is 16.1. The fourth-order valence-electron chi connectivity index (χ4n) is 1.74. The van der Waals surface area contributed by atoms with E-state index in [1.165, 1.54) is 0 Å². The summed E-state index contributed by atoms with van der Waals surface area (Å²) in [5, 5.41) is 0. The van der Waals surface area contributed by atoms with Gasteiger partial charge in [0.05, 0.1) is 0 Å². The van der Waals surface area contributed by atoms with Crippen LogP contribution in [0, 0.1) is 0 Å². The first-order chi connectivity index (χ1) is 9.72. The van der Waals surface area contributed by atoms with Gasteiger partial charge in [0.1, 0.15) is 0 Å². The van der Waals surface area contributed by atoms with Crippen molar-refractivity contribution in [2.75, 3.05) is 0 Å². The summed E-state index contributed by atoms with van der Waals surface area (Å²) >= 11 is 3.36. The smallest absolute Gasteiger partial charge is 0.363 e. The third kappa shape index (κ3) is 2.67. The number of aromatic nitrogens is 1. The monoisotopic (exact) mass is 328 g/mol. The largest absolute Gasteiger partial charge is 0.402 e. The zero-order valence-electron chi connectivity index (χ0n) is 10.3. The fourth-order valence-corrected chi connectivity index (χ4v) is 2.01. The van der Waals surface area contributed by atoms with Crippen LogP contribution in [0.1, 0.15) is 11.1 Å². The van der Waals surface area contributed by atoms with Crippen LogP contribution in [0.2, 0.25) is 0 Å². The van der Waals surface area contributed by atoms with Gasteiger partial charge in [0.25, 0.3) is 0 Å². The zero-order valence-corrected chi connectivity index (χ0v) is 11.9. The molecule has 0 saturated heterocycles. The molecule has 0 unspecified atom stereocenters. The number of carbonyl (C=O) groups excluding carboxylic acids is 1. The molecule has 1 aromatic heterocycles. The van der Waals surface area contributed by atoms with Gasteiger partial charge in [-0.2, -0.15) is 0 Å². The Labute approximate surface area is 124 Å². The Hall–Kier alpha value is -2.27. The first-order valence-electron chi connectivity index (χ1n) is 5.91. The average molecular weight is 329 g/mol. The van der Waals surface area contributed by atoms with E-state index in [9.17, 15) is 4.79 Å². The molecule has 0 fully saturated rings. The van der Waals surface area contributed by atoms with E-state index >= 15 is 0 Å². The van der Waals surface area contributed by atoms with Crippen molar-refractivity contribution in [1.29, 1.82) is 0 Å². The van der Waals surface area contributed by atoms with E-state index in [4.69, 9.17) is 4.74 Å². The molecule has 20 heavy (non-hydrogen) atoms. The topological polar surface area (TPSA) is 51.5 Å². The van der Waals surface area contributed by atoms with E-state index in [1.54, 1.807) is 24.5 Å². The van der Waals surface area contributed by atoms with Gasteiger partial charge >= 0.3 is 5.97 Å². The summed E-state index contributed by atoms with van der Waals surface area (Å²) in [6, 6.07) is 11.1. The second-order valence-electron chi connectivity index (χ2n) is 4.13. The molecule has 0 saturated carbocycles. The predicted molar refractivity (Wildman–Crippen MR) is 79.0 cm³/mol. The zero-order chi connectivity index (χ0) is 13.9. The molecule has 5 heteroatoms. The number of carbonyl (C=O) groups is 1. The Morgan fingerprint density at radius 2 is 1.95 bits per heavy atom. The highest BCUT2D eigenvalue weighted by molar-refractivity contribution is 9.10. The summed E-state index contributed by atoms with van der Waals surface area (Å²) in [5.41, 5.74) is 1.84. The van der Waals surface area contributed by atoms with Crippen LogP contribution >= 0.6 is 15.9 Å². The Kier molecular flexibility index (Phi) is 3.43. The van der Waals surface area contributed by atoms with Crippen LogP contribution in [-0.4, -0.2) is 16.9 Å². The van der Waals surface area contributed by atoms with E-state index in [0.717, 1.165) is 15.6 Å². The quantitative estimate of drug-likeness (QED) is 0.628. The Balaban J connectivity index is 1.93. The van der Waals surface area contributed by atoms with Gasteiger partial charge in [-0.05, 0) is 42.0 Å². The molecule has 0 amide bonds. The molecule has 3 rings (SSSR count). The van der Waals surface area contributed by atoms with Gasteiger partial charge in [0.15, 0.2) is 5.70 Å². The van der Waals surface area contributed by atoms with Gasteiger partial charge in [-0.1, -0.05) is 22.0 Å². The number of rotatable bonds is 2. The third-order valence-corrected chi connectivity index (χ3v) is 3.23. The number of cyclic esters (lactones) is 1. The molecule has 98 valence electrons. The van der Waals surface area contributed by atoms with Gasteiger partial charge in [-0.3, -0.25) is 4.98 Å². The second-order valence-corrected chi connectivity index (χ2v) is 5.04. The Morgan fingerprint density at radius 3 is 2.65 bits per heavy atom. The molecule has 0 radical (unpaired) electrons. The summed E-state index contributed by atoms with van der Waals surface area (Å²) in [6.07, 6.45) is 4.99. The van der Waals surface area contributed by atoms with Gasteiger partial charge in [-0.25, -0.2) is 9.79 Å². The lowest BCUT2D eigenvalue weighted by molar-refractivity contribution is -0.129. The molecule has 0 bridgehead atoms. The molecule has 1 aliphatic rings. The number of hydrogen-bond donors (Lipinski definition) is 0. The van der Waals surface area contributed by atoms with Gasteiger partial charge in [0, 0.05) is 22.4 Å². The van der Waals surface area contributed by atoms with E-state index in [0.29, 0.717) is 5.90 Å². The van der Waals surface area contributed by atoms with Crippen molar-refractivity contribution in [2.45, 2.75) is 0 Å². The lowest BCUT2D eigenvalue weighted by Gasteiger charge is -1.98. The van der Waals surface area contributed by atoms with Crippen molar-refractivity contribution >= 4 is 33.9 Å². The standard InChI is InChI=1S/C15H9BrN2O2/c16-12-5-3-11(4-6-12)14-18-13(15(19)20-14)8-10-2-1-7-17-9-10/h1-9H/b13-8-. The van der Waals surface area contributed by atoms with E-state index in [-0.39, 0.29) is 5.70 Å². The minimum atomic E-state index is -0.452. The van der Waals surface area contributed by atoms with Crippen molar-refractivity contribution in [3.63, 3.8) is 0 Å². The maximum atomic E-state index is 11.8. The summed E-state index contributed by atoms with van der Waals surface area (Å²) in [5.74, 6) is -0.135. The highest BCUT2D eigenvalue weighted by atomic mass is 79.9. The lowest BCUT2D eigenvalue weighted by Crippen LogP contribution is -2.05. The fraction of sp³-hybridized carbons (Fsp3) is 0. The Morgan fingerprint density at radius 1 is 1.15 bits per heavy atom. The maximum absolute atomic E-state index is 11.8. The first kappa shape index (κ1) is 12.7. The minimum Gasteiger partial charge on any atom is -0.402 e. The number of halogens is 1. The molecule has 0 aliphatic carbocycles. The van der Waals surface area contributed by atoms with Crippen molar-refractivity contribution < 1.29 is 9.53 Å². The summed E-state index contributed by atoms with van der Waals surface area (Å²) in [7, 11) is 0. The summed E-state index contributed by atoms with van der Waals surface area (Å²) in [4.78, 5) is 20.0. The van der Waals surface area contributed by atoms with Crippen molar-refractivity contribution in [3.8, 4) is 0 Å². The number of nitrogens with zero attached hydrogens (tertiary/aromatic N) is 2. The van der Waals surface area contributed by atoms with Gasteiger partial charge < -0.3 is 4.74 Å². The number of hydrogen-bond acceptors (Lipinski definition) is 4. The van der Waals surface area contributed by atoms with Crippen LogP contribution in [0.3, 0.4) is 0 Å². The minimum absolute atomic E-state index is 0.274.